The number of nitro benzene ring substituents is 1. The van der Waals surface area contributed by atoms with Gasteiger partial charge in [0.15, 0.2) is 0 Å². The molecule has 1 aromatic heterocycles. The van der Waals surface area contributed by atoms with Gasteiger partial charge in [-0.3, -0.25) is 10.1 Å². The minimum atomic E-state index is -0.482. The van der Waals surface area contributed by atoms with Crippen molar-refractivity contribution in [2.45, 2.75) is 6.92 Å². The molecule has 0 bridgehead atoms. The lowest BCUT2D eigenvalue weighted by Crippen LogP contribution is -1.99. The Labute approximate surface area is 103 Å². The second-order valence-corrected chi connectivity index (χ2v) is 3.68. The molecular formula is C12H11N3O3. The minimum absolute atomic E-state index is 0.0810. The van der Waals surface area contributed by atoms with E-state index in [1.807, 2.05) is 0 Å². The van der Waals surface area contributed by atoms with Gasteiger partial charge in [-0.25, -0.2) is 4.98 Å². The molecule has 0 aliphatic rings. The zero-order valence-corrected chi connectivity index (χ0v) is 9.66. The summed E-state index contributed by atoms with van der Waals surface area (Å²) in [6.45, 7) is 1.65. The number of pyridine rings is 1. The predicted molar refractivity (Wildman–Crippen MR) is 66.6 cm³/mol. The molecule has 92 valence electrons. The van der Waals surface area contributed by atoms with Gasteiger partial charge in [0, 0.05) is 11.8 Å². The first kappa shape index (κ1) is 11.8. The van der Waals surface area contributed by atoms with E-state index in [-0.39, 0.29) is 17.3 Å². The maximum Gasteiger partial charge on any atom is 0.314 e. The van der Waals surface area contributed by atoms with E-state index in [1.54, 1.807) is 31.2 Å². The van der Waals surface area contributed by atoms with E-state index in [2.05, 4.69) is 4.98 Å². The summed E-state index contributed by atoms with van der Waals surface area (Å²) in [6, 6.07) is 8.11. The molecule has 0 unspecified atom stereocenters. The molecule has 2 N–H and O–H groups in total. The zero-order valence-electron chi connectivity index (χ0n) is 9.66. The van der Waals surface area contributed by atoms with Crippen LogP contribution in [-0.4, -0.2) is 9.91 Å². The molecule has 0 spiro atoms. The highest BCUT2D eigenvalue weighted by molar-refractivity contribution is 5.56. The Hall–Kier alpha value is -2.63. The first-order chi connectivity index (χ1) is 8.59. The number of nitrogens with two attached hydrogens (primary N) is 1. The normalized spacial score (nSPS) is 10.1. The van der Waals surface area contributed by atoms with Crippen LogP contribution in [-0.2, 0) is 0 Å². The largest absolute Gasteiger partial charge is 0.430 e. The van der Waals surface area contributed by atoms with E-state index >= 15 is 0 Å². The van der Waals surface area contributed by atoms with Crippen LogP contribution in [0.5, 0.6) is 11.6 Å². The topological polar surface area (TPSA) is 91.3 Å². The summed E-state index contributed by atoms with van der Waals surface area (Å²) in [6.07, 6.45) is 1.51. The molecule has 0 aliphatic carbocycles. The van der Waals surface area contributed by atoms with Crippen molar-refractivity contribution in [3.8, 4) is 11.6 Å². The number of rotatable bonds is 3. The van der Waals surface area contributed by atoms with E-state index in [9.17, 15) is 10.1 Å². The molecule has 6 heteroatoms. The number of aryl methyl sites for hydroxylation is 1. The third-order valence-corrected chi connectivity index (χ3v) is 2.39. The van der Waals surface area contributed by atoms with Crippen LogP contribution in [0.2, 0.25) is 0 Å². The third kappa shape index (κ3) is 2.22. The van der Waals surface area contributed by atoms with Gasteiger partial charge in [0.05, 0.1) is 10.6 Å². The molecule has 18 heavy (non-hydrogen) atoms. The van der Waals surface area contributed by atoms with Gasteiger partial charge >= 0.3 is 5.69 Å². The highest BCUT2D eigenvalue weighted by Crippen LogP contribution is 2.34. The van der Waals surface area contributed by atoms with Crippen molar-refractivity contribution in [1.82, 2.24) is 4.98 Å². The van der Waals surface area contributed by atoms with E-state index in [4.69, 9.17) is 10.5 Å². The number of nitro groups is 1. The quantitative estimate of drug-likeness (QED) is 0.663. The molecule has 6 nitrogen and oxygen atoms in total. The summed E-state index contributed by atoms with van der Waals surface area (Å²) in [5.41, 5.74) is 6.44. The molecule has 0 fully saturated rings. The van der Waals surface area contributed by atoms with Crippen molar-refractivity contribution in [2.24, 2.45) is 0 Å². The number of hydrogen-bond acceptors (Lipinski definition) is 5. The van der Waals surface area contributed by atoms with Gasteiger partial charge in [0.1, 0.15) is 0 Å². The molecule has 2 aromatic rings. The molecule has 0 amide bonds. The van der Waals surface area contributed by atoms with Gasteiger partial charge in [-0.2, -0.15) is 0 Å². The molecule has 0 saturated carbocycles. The average molecular weight is 245 g/mol. The monoisotopic (exact) mass is 245 g/mol. The Morgan fingerprint density at radius 3 is 2.78 bits per heavy atom. The molecule has 1 aromatic carbocycles. The average Bonchev–Trinajstić information content (AvgIpc) is 2.31. The number of hydrogen-bond donors (Lipinski definition) is 1. The fraction of sp³-hybridized carbons (Fsp3) is 0.0833. The Balaban J connectivity index is 2.44. The first-order valence-corrected chi connectivity index (χ1v) is 5.22. The van der Waals surface area contributed by atoms with Gasteiger partial charge in [0.25, 0.3) is 0 Å². The third-order valence-electron chi connectivity index (χ3n) is 2.39. The van der Waals surface area contributed by atoms with Crippen LogP contribution in [0.25, 0.3) is 0 Å². The summed E-state index contributed by atoms with van der Waals surface area (Å²) in [4.78, 5) is 14.4. The van der Waals surface area contributed by atoms with Gasteiger partial charge in [-0.1, -0.05) is 12.1 Å². The fourth-order valence-corrected chi connectivity index (χ4v) is 1.54. The highest BCUT2D eigenvalue weighted by atomic mass is 16.6. The smallest absolute Gasteiger partial charge is 0.314 e. The number of ether oxygens (including phenoxy) is 1. The molecule has 0 aliphatic heterocycles. The minimum Gasteiger partial charge on any atom is -0.430 e. The Morgan fingerprint density at radius 1 is 1.33 bits per heavy atom. The molecule has 0 radical (unpaired) electrons. The van der Waals surface area contributed by atoms with E-state index in [0.29, 0.717) is 11.3 Å². The van der Waals surface area contributed by atoms with Crippen LogP contribution in [0, 0.1) is 17.0 Å². The van der Waals surface area contributed by atoms with Gasteiger partial charge < -0.3 is 10.5 Å². The lowest BCUT2D eigenvalue weighted by molar-refractivity contribution is -0.386. The van der Waals surface area contributed by atoms with Crippen LogP contribution in [0.4, 0.5) is 11.4 Å². The van der Waals surface area contributed by atoms with Crippen molar-refractivity contribution in [3.63, 3.8) is 0 Å². The summed E-state index contributed by atoms with van der Waals surface area (Å²) in [7, 11) is 0. The zero-order chi connectivity index (χ0) is 13.1. The molecular weight excluding hydrogens is 234 g/mol. The van der Waals surface area contributed by atoms with Crippen molar-refractivity contribution in [2.75, 3.05) is 5.73 Å². The number of nitrogens with zero attached hydrogens (tertiary/aromatic N) is 2. The number of aromatic nitrogens is 1. The number of benzene rings is 1. The van der Waals surface area contributed by atoms with Crippen LogP contribution in [0.1, 0.15) is 5.56 Å². The van der Waals surface area contributed by atoms with Crippen molar-refractivity contribution in [3.05, 3.63) is 52.2 Å². The predicted octanol–water partition coefficient (Wildman–Crippen LogP) is 2.67. The van der Waals surface area contributed by atoms with Crippen LogP contribution >= 0.6 is 0 Å². The summed E-state index contributed by atoms with van der Waals surface area (Å²) in [5.74, 6) is 0.289. The van der Waals surface area contributed by atoms with E-state index < -0.39 is 4.92 Å². The fourth-order valence-electron chi connectivity index (χ4n) is 1.54. The van der Waals surface area contributed by atoms with Crippen molar-refractivity contribution >= 4 is 11.4 Å². The lowest BCUT2D eigenvalue weighted by Gasteiger charge is -2.08. The summed E-state index contributed by atoms with van der Waals surface area (Å²) in [5, 5.41) is 11.0. The number of para-hydroxylation sites is 1. The first-order valence-electron chi connectivity index (χ1n) is 5.22. The van der Waals surface area contributed by atoms with Gasteiger partial charge in [-0.05, 0) is 25.1 Å². The number of anilines is 1. The molecule has 1 heterocycles. The van der Waals surface area contributed by atoms with Crippen LogP contribution in [0.3, 0.4) is 0 Å². The molecule has 2 rings (SSSR count). The SMILES string of the molecule is Cc1cccc(Oc2ncccc2N)c1[N+](=O)[O-]. The van der Waals surface area contributed by atoms with E-state index in [1.165, 1.54) is 12.3 Å². The van der Waals surface area contributed by atoms with Gasteiger partial charge in [-0.15, -0.1) is 0 Å². The maximum atomic E-state index is 11.0. The Kier molecular flexibility index (Phi) is 3.09. The summed E-state index contributed by atoms with van der Waals surface area (Å²) < 4.78 is 5.40. The second-order valence-electron chi connectivity index (χ2n) is 3.68. The van der Waals surface area contributed by atoms with Crippen LogP contribution < -0.4 is 10.5 Å². The number of nitrogen functional groups attached to an aromatic ring is 1. The van der Waals surface area contributed by atoms with Gasteiger partial charge in [0.2, 0.25) is 11.6 Å². The highest BCUT2D eigenvalue weighted by Gasteiger charge is 2.19. The van der Waals surface area contributed by atoms with Crippen LogP contribution in [0.15, 0.2) is 36.5 Å². The second kappa shape index (κ2) is 4.70. The van der Waals surface area contributed by atoms with Crippen molar-refractivity contribution < 1.29 is 9.66 Å². The Morgan fingerprint density at radius 2 is 2.11 bits per heavy atom. The van der Waals surface area contributed by atoms with Crippen molar-refractivity contribution in [1.29, 1.82) is 0 Å². The van der Waals surface area contributed by atoms with E-state index in [0.717, 1.165) is 0 Å². The molecule has 0 atom stereocenters. The maximum absolute atomic E-state index is 11.0. The lowest BCUT2D eigenvalue weighted by atomic mass is 10.2. The standard InChI is InChI=1S/C12H11N3O3/c1-8-4-2-6-10(11(8)15(16)17)18-12-9(13)5-3-7-14-12/h2-7H,13H2,1H3. The Bertz CT molecular complexity index is 599. The molecule has 0 saturated heterocycles. The summed E-state index contributed by atoms with van der Waals surface area (Å²) >= 11 is 0.